The van der Waals surface area contributed by atoms with Crippen LogP contribution in [0.2, 0.25) is 0 Å². The molecule has 1 aromatic carbocycles. The highest BCUT2D eigenvalue weighted by Gasteiger charge is 2.34. The summed E-state index contributed by atoms with van der Waals surface area (Å²) in [4.78, 5) is 10.9. The topological polar surface area (TPSA) is 90.5 Å². The number of nitriles is 1. The fourth-order valence-corrected chi connectivity index (χ4v) is 2.33. The molecule has 5 nitrogen and oxygen atoms in total. The van der Waals surface area contributed by atoms with Gasteiger partial charge in [0.25, 0.3) is 0 Å². The highest BCUT2D eigenvalue weighted by molar-refractivity contribution is 5.68. The molecule has 0 aromatic heterocycles. The summed E-state index contributed by atoms with van der Waals surface area (Å²) in [6.07, 6.45) is 2.04. The summed E-state index contributed by atoms with van der Waals surface area (Å²) in [6.45, 7) is 0. The molecule has 100 valence electrons. The molecular weight excluding hydrogens is 246 g/mol. The average Bonchev–Trinajstić information content (AvgIpc) is 3.20. The number of hydrogen-bond donors (Lipinski definition) is 2. The standard InChI is InChI=1S/C14H15NO4/c1-19-12-5-9(4-10(7-15)14(12)18)11(6-13(16)17)8-2-3-8/h4-5,8,11,18H,2-3,6H2,1H3,(H,16,17). The van der Waals surface area contributed by atoms with Gasteiger partial charge in [-0.25, -0.2) is 0 Å². The van der Waals surface area contributed by atoms with Crippen molar-refractivity contribution in [2.24, 2.45) is 5.92 Å². The van der Waals surface area contributed by atoms with E-state index in [1.54, 1.807) is 12.1 Å². The number of aliphatic carboxylic acids is 1. The summed E-state index contributed by atoms with van der Waals surface area (Å²) >= 11 is 0. The van der Waals surface area contributed by atoms with Gasteiger partial charge in [0.1, 0.15) is 6.07 Å². The number of hydrogen-bond acceptors (Lipinski definition) is 4. The van der Waals surface area contributed by atoms with E-state index in [1.807, 2.05) is 6.07 Å². The van der Waals surface area contributed by atoms with Crippen molar-refractivity contribution < 1.29 is 19.7 Å². The lowest BCUT2D eigenvalue weighted by atomic mass is 9.89. The summed E-state index contributed by atoms with van der Waals surface area (Å²) < 4.78 is 5.03. The number of aromatic hydroxyl groups is 1. The third-order valence-electron chi connectivity index (χ3n) is 3.45. The van der Waals surface area contributed by atoms with Crippen molar-refractivity contribution in [2.45, 2.75) is 25.2 Å². The molecule has 1 unspecified atom stereocenters. The molecule has 2 N–H and O–H groups in total. The zero-order chi connectivity index (χ0) is 14.0. The molecule has 1 aromatic rings. The number of phenols is 1. The molecule has 2 rings (SSSR count). The Labute approximate surface area is 111 Å². The van der Waals surface area contributed by atoms with Crippen LogP contribution in [0.15, 0.2) is 12.1 Å². The van der Waals surface area contributed by atoms with Gasteiger partial charge in [-0.15, -0.1) is 0 Å². The minimum Gasteiger partial charge on any atom is -0.503 e. The van der Waals surface area contributed by atoms with Gasteiger partial charge in [0.2, 0.25) is 0 Å². The van der Waals surface area contributed by atoms with Gasteiger partial charge >= 0.3 is 5.97 Å². The maximum Gasteiger partial charge on any atom is 0.303 e. The van der Waals surface area contributed by atoms with E-state index in [9.17, 15) is 9.90 Å². The van der Waals surface area contributed by atoms with Crippen LogP contribution in [0, 0.1) is 17.2 Å². The van der Waals surface area contributed by atoms with E-state index in [-0.39, 0.29) is 29.4 Å². The van der Waals surface area contributed by atoms with Gasteiger partial charge in [0, 0.05) is 0 Å². The van der Waals surface area contributed by atoms with E-state index in [0.717, 1.165) is 18.4 Å². The van der Waals surface area contributed by atoms with E-state index < -0.39 is 5.97 Å². The minimum absolute atomic E-state index is 0.0312. The van der Waals surface area contributed by atoms with E-state index in [1.165, 1.54) is 7.11 Å². The van der Waals surface area contributed by atoms with Crippen LogP contribution in [-0.4, -0.2) is 23.3 Å². The van der Waals surface area contributed by atoms with Crippen LogP contribution >= 0.6 is 0 Å². The minimum atomic E-state index is -0.859. The lowest BCUT2D eigenvalue weighted by Gasteiger charge is -2.16. The van der Waals surface area contributed by atoms with Crippen LogP contribution in [0.4, 0.5) is 0 Å². The van der Waals surface area contributed by atoms with Crippen molar-refractivity contribution in [1.82, 2.24) is 0 Å². The lowest BCUT2D eigenvalue weighted by Crippen LogP contribution is -2.09. The molecule has 0 heterocycles. The first-order chi connectivity index (χ1) is 9.06. The Kier molecular flexibility index (Phi) is 3.61. The number of nitrogens with zero attached hydrogens (tertiary/aromatic N) is 1. The van der Waals surface area contributed by atoms with Gasteiger partial charge in [-0.05, 0) is 42.4 Å². The molecule has 1 fully saturated rings. The van der Waals surface area contributed by atoms with Gasteiger partial charge in [-0.1, -0.05) is 0 Å². The number of carboxylic acid groups (broad SMARTS) is 1. The second-order valence-electron chi connectivity index (χ2n) is 4.77. The molecule has 0 spiro atoms. The number of ether oxygens (including phenoxy) is 1. The second-order valence-corrected chi connectivity index (χ2v) is 4.77. The molecule has 1 atom stereocenters. The highest BCUT2D eigenvalue weighted by atomic mass is 16.5. The number of methoxy groups -OCH3 is 1. The van der Waals surface area contributed by atoms with Crippen molar-refractivity contribution in [3.8, 4) is 17.6 Å². The Morgan fingerprint density at radius 1 is 1.58 bits per heavy atom. The predicted molar refractivity (Wildman–Crippen MR) is 67.1 cm³/mol. The summed E-state index contributed by atoms with van der Waals surface area (Å²) in [7, 11) is 1.41. The van der Waals surface area contributed by atoms with Crippen molar-refractivity contribution in [3.63, 3.8) is 0 Å². The first-order valence-electron chi connectivity index (χ1n) is 6.09. The molecule has 1 saturated carbocycles. The molecular formula is C14H15NO4. The quantitative estimate of drug-likeness (QED) is 0.848. The first kappa shape index (κ1) is 13.2. The maximum absolute atomic E-state index is 10.9. The van der Waals surface area contributed by atoms with Crippen LogP contribution in [-0.2, 0) is 4.79 Å². The molecule has 1 aliphatic rings. The largest absolute Gasteiger partial charge is 0.503 e. The van der Waals surface area contributed by atoms with Crippen molar-refractivity contribution in [1.29, 1.82) is 5.26 Å². The van der Waals surface area contributed by atoms with Crippen LogP contribution in [0.5, 0.6) is 11.5 Å². The molecule has 0 aliphatic heterocycles. The van der Waals surface area contributed by atoms with Crippen LogP contribution in [0.25, 0.3) is 0 Å². The van der Waals surface area contributed by atoms with E-state index in [0.29, 0.717) is 5.92 Å². The van der Waals surface area contributed by atoms with E-state index >= 15 is 0 Å². The summed E-state index contributed by atoms with van der Waals surface area (Å²) in [5.41, 5.74) is 0.862. The Bertz CT molecular complexity index is 543. The Hall–Kier alpha value is -2.22. The maximum atomic E-state index is 10.9. The first-order valence-corrected chi connectivity index (χ1v) is 6.09. The Morgan fingerprint density at radius 2 is 2.26 bits per heavy atom. The number of benzene rings is 1. The Morgan fingerprint density at radius 3 is 2.74 bits per heavy atom. The molecule has 1 aliphatic carbocycles. The van der Waals surface area contributed by atoms with E-state index in [2.05, 4.69) is 0 Å². The third-order valence-corrected chi connectivity index (χ3v) is 3.45. The zero-order valence-corrected chi connectivity index (χ0v) is 10.6. The van der Waals surface area contributed by atoms with Crippen LogP contribution in [0.3, 0.4) is 0 Å². The zero-order valence-electron chi connectivity index (χ0n) is 10.6. The van der Waals surface area contributed by atoms with Crippen LogP contribution < -0.4 is 4.74 Å². The number of rotatable bonds is 5. The number of carboxylic acids is 1. The molecule has 19 heavy (non-hydrogen) atoms. The van der Waals surface area contributed by atoms with Crippen molar-refractivity contribution >= 4 is 5.97 Å². The van der Waals surface area contributed by atoms with Gasteiger partial charge in [0.05, 0.1) is 19.1 Å². The van der Waals surface area contributed by atoms with Gasteiger partial charge < -0.3 is 14.9 Å². The smallest absolute Gasteiger partial charge is 0.303 e. The Balaban J connectivity index is 2.42. The van der Waals surface area contributed by atoms with Crippen molar-refractivity contribution in [3.05, 3.63) is 23.3 Å². The van der Waals surface area contributed by atoms with Gasteiger partial charge in [-0.3, -0.25) is 4.79 Å². The fourth-order valence-electron chi connectivity index (χ4n) is 2.33. The fraction of sp³-hybridized carbons (Fsp3) is 0.429. The summed E-state index contributed by atoms with van der Waals surface area (Å²) in [5.74, 6) is -0.623. The third kappa shape index (κ3) is 2.79. The number of phenolic OH excluding ortho intramolecular Hbond substituents is 1. The number of carbonyl (C=O) groups is 1. The molecule has 0 bridgehead atoms. The summed E-state index contributed by atoms with van der Waals surface area (Å²) in [5, 5.41) is 27.8. The SMILES string of the molecule is COc1cc(C(CC(=O)O)C2CC2)cc(C#N)c1O. The monoisotopic (exact) mass is 261 g/mol. The molecule has 0 amide bonds. The molecule has 0 saturated heterocycles. The molecule has 5 heteroatoms. The second kappa shape index (κ2) is 5.19. The van der Waals surface area contributed by atoms with Gasteiger partial charge in [-0.2, -0.15) is 5.26 Å². The summed E-state index contributed by atoms with van der Waals surface area (Å²) in [6, 6.07) is 5.09. The van der Waals surface area contributed by atoms with E-state index in [4.69, 9.17) is 15.1 Å². The molecule has 0 radical (unpaired) electrons. The average molecular weight is 261 g/mol. The van der Waals surface area contributed by atoms with Crippen molar-refractivity contribution in [2.75, 3.05) is 7.11 Å². The normalized spacial score (nSPS) is 15.6. The van der Waals surface area contributed by atoms with Gasteiger partial charge in [0.15, 0.2) is 11.5 Å². The lowest BCUT2D eigenvalue weighted by molar-refractivity contribution is -0.137. The highest BCUT2D eigenvalue weighted by Crippen LogP contribution is 2.46. The predicted octanol–water partition coefficient (Wildman–Crippen LogP) is 2.24. The van der Waals surface area contributed by atoms with Crippen LogP contribution in [0.1, 0.15) is 36.3 Å².